The number of ketones is 1. The average Bonchev–Trinajstić information content (AvgIpc) is 2.63. The van der Waals surface area contributed by atoms with Gasteiger partial charge in [-0.25, -0.2) is 4.39 Å². The first-order chi connectivity index (χ1) is 8.04. The van der Waals surface area contributed by atoms with E-state index in [4.69, 9.17) is 5.73 Å². The zero-order valence-corrected chi connectivity index (χ0v) is 10.8. The van der Waals surface area contributed by atoms with E-state index < -0.39 is 0 Å². The molecule has 4 heteroatoms. The van der Waals surface area contributed by atoms with Crippen molar-refractivity contribution in [2.24, 2.45) is 11.7 Å². The van der Waals surface area contributed by atoms with Gasteiger partial charge in [0.25, 0.3) is 0 Å². The van der Waals surface area contributed by atoms with Gasteiger partial charge in [-0.1, -0.05) is 28.1 Å². The standard InChI is InChI=1S/C13H13BrFNO/c14-10-3-8(4-11(15)7-10)5-13(17)9-1-2-12(16)6-9/h1-4,7,9,12H,5-6,16H2. The van der Waals surface area contributed by atoms with Gasteiger partial charge in [-0.3, -0.25) is 4.79 Å². The van der Waals surface area contributed by atoms with Gasteiger partial charge in [-0.05, 0) is 30.2 Å². The van der Waals surface area contributed by atoms with Crippen LogP contribution in [0.5, 0.6) is 0 Å². The average molecular weight is 298 g/mol. The zero-order chi connectivity index (χ0) is 12.4. The minimum Gasteiger partial charge on any atom is -0.324 e. The molecule has 90 valence electrons. The van der Waals surface area contributed by atoms with Crippen molar-refractivity contribution >= 4 is 21.7 Å². The number of hydrogen-bond acceptors (Lipinski definition) is 2. The molecule has 1 aliphatic rings. The van der Waals surface area contributed by atoms with E-state index in [9.17, 15) is 9.18 Å². The highest BCUT2D eigenvalue weighted by Gasteiger charge is 2.22. The summed E-state index contributed by atoms with van der Waals surface area (Å²) in [5.41, 5.74) is 6.39. The third kappa shape index (κ3) is 3.23. The van der Waals surface area contributed by atoms with Crippen LogP contribution in [-0.2, 0) is 11.2 Å². The predicted molar refractivity (Wildman–Crippen MR) is 68.0 cm³/mol. The fourth-order valence-corrected chi connectivity index (χ4v) is 2.52. The van der Waals surface area contributed by atoms with Crippen LogP contribution in [0.1, 0.15) is 12.0 Å². The van der Waals surface area contributed by atoms with Gasteiger partial charge in [0.05, 0.1) is 0 Å². The molecule has 0 heterocycles. The van der Waals surface area contributed by atoms with Gasteiger partial charge in [0.15, 0.2) is 0 Å². The molecule has 1 aromatic carbocycles. The summed E-state index contributed by atoms with van der Waals surface area (Å²) in [5, 5.41) is 0. The van der Waals surface area contributed by atoms with Crippen LogP contribution in [0.25, 0.3) is 0 Å². The summed E-state index contributed by atoms with van der Waals surface area (Å²) in [6, 6.07) is 4.50. The minimum atomic E-state index is -0.333. The lowest BCUT2D eigenvalue weighted by molar-refractivity contribution is -0.120. The predicted octanol–water partition coefficient (Wildman–Crippen LogP) is 2.60. The first-order valence-corrected chi connectivity index (χ1v) is 6.25. The molecule has 0 saturated carbocycles. The van der Waals surface area contributed by atoms with Gasteiger partial charge >= 0.3 is 0 Å². The topological polar surface area (TPSA) is 43.1 Å². The Bertz CT molecular complexity index is 452. The minimum absolute atomic E-state index is 0.0248. The molecule has 0 aromatic heterocycles. The molecule has 2 rings (SSSR count). The summed E-state index contributed by atoms with van der Waals surface area (Å²) >= 11 is 3.21. The molecule has 1 aromatic rings. The Kier molecular flexibility index (Phi) is 3.74. The van der Waals surface area contributed by atoms with Crippen molar-refractivity contribution in [1.82, 2.24) is 0 Å². The van der Waals surface area contributed by atoms with Gasteiger partial charge in [-0.15, -0.1) is 0 Å². The Balaban J connectivity index is 2.05. The Morgan fingerprint density at radius 1 is 1.41 bits per heavy atom. The number of hydrogen-bond donors (Lipinski definition) is 1. The molecule has 0 aliphatic heterocycles. The third-order valence-corrected chi connectivity index (χ3v) is 3.29. The molecule has 0 radical (unpaired) electrons. The summed E-state index contributed by atoms with van der Waals surface area (Å²) in [6.45, 7) is 0. The molecule has 0 amide bonds. The molecule has 0 fully saturated rings. The second kappa shape index (κ2) is 5.10. The Labute approximate surface area is 108 Å². The Morgan fingerprint density at radius 2 is 2.18 bits per heavy atom. The van der Waals surface area contributed by atoms with E-state index in [1.807, 2.05) is 12.2 Å². The molecule has 1 aliphatic carbocycles. The highest BCUT2D eigenvalue weighted by atomic mass is 79.9. The summed E-state index contributed by atoms with van der Waals surface area (Å²) in [5.74, 6) is -0.361. The second-order valence-electron chi connectivity index (χ2n) is 4.31. The number of nitrogens with two attached hydrogens (primary N) is 1. The first-order valence-electron chi connectivity index (χ1n) is 5.46. The van der Waals surface area contributed by atoms with Crippen molar-refractivity contribution in [1.29, 1.82) is 0 Å². The van der Waals surface area contributed by atoms with E-state index in [2.05, 4.69) is 15.9 Å². The van der Waals surface area contributed by atoms with Crippen LogP contribution in [0.2, 0.25) is 0 Å². The van der Waals surface area contributed by atoms with E-state index in [1.165, 1.54) is 12.1 Å². The molecule has 2 unspecified atom stereocenters. The summed E-state index contributed by atoms with van der Waals surface area (Å²) in [6.07, 6.45) is 4.61. The van der Waals surface area contributed by atoms with Crippen molar-refractivity contribution in [2.45, 2.75) is 18.9 Å². The van der Waals surface area contributed by atoms with Crippen LogP contribution in [0.4, 0.5) is 4.39 Å². The molecular weight excluding hydrogens is 285 g/mol. The molecule has 2 atom stereocenters. The Morgan fingerprint density at radius 3 is 2.76 bits per heavy atom. The molecular formula is C13H13BrFNO. The summed E-state index contributed by atoms with van der Waals surface area (Å²) < 4.78 is 13.8. The van der Waals surface area contributed by atoms with Crippen molar-refractivity contribution in [3.63, 3.8) is 0 Å². The number of rotatable bonds is 3. The number of halogens is 2. The SMILES string of the molecule is NC1C=CC(C(=O)Cc2cc(F)cc(Br)c2)C1. The quantitative estimate of drug-likeness (QED) is 0.872. The van der Waals surface area contributed by atoms with Crippen LogP contribution in [-0.4, -0.2) is 11.8 Å². The van der Waals surface area contributed by atoms with Crippen LogP contribution in [0, 0.1) is 11.7 Å². The van der Waals surface area contributed by atoms with Crippen LogP contribution in [0.15, 0.2) is 34.8 Å². The first kappa shape index (κ1) is 12.5. The normalized spacial score (nSPS) is 23.0. The Hall–Kier alpha value is -1.00. The largest absolute Gasteiger partial charge is 0.324 e. The maximum Gasteiger partial charge on any atom is 0.144 e. The molecule has 0 spiro atoms. The number of Topliss-reactive ketones (excluding diaryl/α,β-unsaturated/α-hetero) is 1. The lowest BCUT2D eigenvalue weighted by atomic mass is 9.97. The van der Waals surface area contributed by atoms with Crippen molar-refractivity contribution in [3.05, 3.63) is 46.2 Å². The van der Waals surface area contributed by atoms with E-state index in [-0.39, 0.29) is 30.0 Å². The highest BCUT2D eigenvalue weighted by Crippen LogP contribution is 2.21. The lowest BCUT2D eigenvalue weighted by Crippen LogP contribution is -2.20. The molecule has 2 N–H and O–H groups in total. The summed E-state index contributed by atoms with van der Waals surface area (Å²) in [7, 11) is 0. The molecule has 17 heavy (non-hydrogen) atoms. The van der Waals surface area contributed by atoms with Gasteiger partial charge in [0, 0.05) is 22.9 Å². The number of carbonyl (C=O) groups excluding carboxylic acids is 1. The van der Waals surface area contributed by atoms with E-state index in [0.29, 0.717) is 16.5 Å². The smallest absolute Gasteiger partial charge is 0.144 e. The molecule has 2 nitrogen and oxygen atoms in total. The second-order valence-corrected chi connectivity index (χ2v) is 5.23. The fraction of sp³-hybridized carbons (Fsp3) is 0.308. The monoisotopic (exact) mass is 297 g/mol. The van der Waals surface area contributed by atoms with Gasteiger partial charge in [0.1, 0.15) is 11.6 Å². The van der Waals surface area contributed by atoms with Crippen LogP contribution < -0.4 is 5.73 Å². The lowest BCUT2D eigenvalue weighted by Gasteiger charge is -2.08. The van der Waals surface area contributed by atoms with Gasteiger partial charge < -0.3 is 5.73 Å². The number of benzene rings is 1. The highest BCUT2D eigenvalue weighted by molar-refractivity contribution is 9.10. The van der Waals surface area contributed by atoms with E-state index in [1.54, 1.807) is 6.07 Å². The summed E-state index contributed by atoms with van der Waals surface area (Å²) in [4.78, 5) is 11.9. The van der Waals surface area contributed by atoms with Crippen LogP contribution in [0.3, 0.4) is 0 Å². The zero-order valence-electron chi connectivity index (χ0n) is 9.20. The fourth-order valence-electron chi connectivity index (χ4n) is 2.01. The van der Waals surface area contributed by atoms with Crippen LogP contribution >= 0.6 is 15.9 Å². The third-order valence-electron chi connectivity index (χ3n) is 2.83. The number of carbonyl (C=O) groups is 1. The van der Waals surface area contributed by atoms with Gasteiger partial charge in [-0.2, -0.15) is 0 Å². The van der Waals surface area contributed by atoms with Crippen molar-refractivity contribution < 1.29 is 9.18 Å². The maximum absolute atomic E-state index is 13.1. The van der Waals surface area contributed by atoms with Crippen molar-refractivity contribution in [2.75, 3.05) is 0 Å². The molecule has 0 bridgehead atoms. The van der Waals surface area contributed by atoms with Gasteiger partial charge in [0.2, 0.25) is 0 Å². The van der Waals surface area contributed by atoms with E-state index in [0.717, 1.165) is 0 Å². The van der Waals surface area contributed by atoms with Crippen molar-refractivity contribution in [3.8, 4) is 0 Å². The maximum atomic E-state index is 13.1. The molecule has 0 saturated heterocycles. The number of allylic oxidation sites excluding steroid dienone is 1. The van der Waals surface area contributed by atoms with E-state index >= 15 is 0 Å².